The summed E-state index contributed by atoms with van der Waals surface area (Å²) in [5.74, 6) is -0.487. The zero-order valence-electron chi connectivity index (χ0n) is 6.36. The lowest BCUT2D eigenvalue weighted by molar-refractivity contribution is -0.135. The lowest BCUT2D eigenvalue weighted by Crippen LogP contribution is -2.22. The largest absolute Gasteiger partial charge is 0.480 e. The Hall–Kier alpha value is -1.71. The molecule has 0 radical (unpaired) electrons. The topological polar surface area (TPSA) is 58.6 Å². The van der Waals surface area contributed by atoms with Crippen LogP contribution in [0.5, 0.6) is 0 Å². The van der Waals surface area contributed by atoms with E-state index in [1.165, 1.54) is 6.26 Å². The Bertz CT molecular complexity index is 253. The summed E-state index contributed by atoms with van der Waals surface area (Å²) < 4.78 is 5.00. The van der Waals surface area contributed by atoms with Gasteiger partial charge in [-0.25, -0.2) is 0 Å². The summed E-state index contributed by atoms with van der Waals surface area (Å²) in [6.45, 7) is -0.145. The predicted octanol–water partition coefficient (Wildman–Crippen LogP) is 0.602. The molecule has 1 rings (SSSR count). The number of aliphatic carboxylic acids is 1. The molecule has 64 valence electrons. The van der Waals surface area contributed by atoms with E-state index in [-0.39, 0.29) is 6.54 Å². The fourth-order valence-electron chi connectivity index (χ4n) is 0.668. The van der Waals surface area contributed by atoms with Crippen molar-refractivity contribution in [2.75, 3.05) is 6.54 Å². The summed E-state index contributed by atoms with van der Waals surface area (Å²) >= 11 is 0. The summed E-state index contributed by atoms with van der Waals surface area (Å²) in [5, 5.41) is 10.9. The molecule has 0 fully saturated rings. The van der Waals surface area contributed by atoms with Crippen molar-refractivity contribution in [1.82, 2.24) is 5.32 Å². The summed E-state index contributed by atoms with van der Waals surface area (Å²) in [6.07, 6.45) is 8.39. The van der Waals surface area contributed by atoms with Crippen molar-refractivity contribution in [3.8, 4) is 0 Å². The van der Waals surface area contributed by atoms with E-state index in [0.29, 0.717) is 5.88 Å². The fourth-order valence-corrected chi connectivity index (χ4v) is 0.668. The maximum atomic E-state index is 10.1. The standard InChI is InChI=1S/C8H9NO3/c10-8(11)6-9-7-4-2-1-3-5-12-7/h1-5,9H,6H2,(H,10,11). The molecule has 0 aromatic rings. The molecule has 0 aromatic carbocycles. The van der Waals surface area contributed by atoms with E-state index in [1.54, 1.807) is 24.3 Å². The van der Waals surface area contributed by atoms with E-state index in [0.717, 1.165) is 0 Å². The Morgan fingerprint density at radius 2 is 2.33 bits per heavy atom. The molecule has 0 unspecified atom stereocenters. The predicted molar refractivity (Wildman–Crippen MR) is 43.1 cm³/mol. The molecule has 4 nitrogen and oxygen atoms in total. The number of ether oxygens (including phenoxy) is 1. The first-order chi connectivity index (χ1) is 5.79. The average molecular weight is 167 g/mol. The van der Waals surface area contributed by atoms with Crippen LogP contribution in [0.2, 0.25) is 0 Å². The Morgan fingerprint density at radius 1 is 1.50 bits per heavy atom. The molecule has 0 aliphatic carbocycles. The van der Waals surface area contributed by atoms with Crippen LogP contribution in [0.1, 0.15) is 0 Å². The number of nitrogens with one attached hydrogen (secondary N) is 1. The first-order valence-corrected chi connectivity index (χ1v) is 3.45. The van der Waals surface area contributed by atoms with Gasteiger partial charge < -0.3 is 15.2 Å². The van der Waals surface area contributed by atoms with Gasteiger partial charge in [-0.05, 0) is 12.2 Å². The molecule has 0 amide bonds. The molecule has 1 aliphatic heterocycles. The smallest absolute Gasteiger partial charge is 0.322 e. The van der Waals surface area contributed by atoms with Crippen molar-refractivity contribution in [2.24, 2.45) is 0 Å². The molecule has 0 aromatic heterocycles. The minimum Gasteiger partial charge on any atom is -0.480 e. The van der Waals surface area contributed by atoms with Crippen LogP contribution in [-0.2, 0) is 9.53 Å². The summed E-state index contributed by atoms with van der Waals surface area (Å²) in [5.41, 5.74) is 0. The third-order valence-corrected chi connectivity index (χ3v) is 1.16. The first kappa shape index (κ1) is 8.39. The van der Waals surface area contributed by atoms with E-state index in [1.807, 2.05) is 0 Å². The SMILES string of the molecule is O=C(O)CNC1=CC=CC=CO1. The average Bonchev–Trinajstić information content (AvgIpc) is 2.28. The van der Waals surface area contributed by atoms with Crippen LogP contribution in [0.3, 0.4) is 0 Å². The Labute approximate surface area is 69.8 Å². The van der Waals surface area contributed by atoms with Crippen molar-refractivity contribution >= 4 is 5.97 Å². The van der Waals surface area contributed by atoms with Gasteiger partial charge in [0.25, 0.3) is 0 Å². The molecule has 0 saturated heterocycles. The zero-order valence-corrected chi connectivity index (χ0v) is 6.36. The highest BCUT2D eigenvalue weighted by atomic mass is 16.5. The van der Waals surface area contributed by atoms with Crippen LogP contribution in [0.15, 0.2) is 36.4 Å². The second-order valence-corrected chi connectivity index (χ2v) is 2.11. The highest BCUT2D eigenvalue weighted by Gasteiger charge is 1.99. The molecule has 2 N–H and O–H groups in total. The van der Waals surface area contributed by atoms with Crippen molar-refractivity contribution in [2.45, 2.75) is 0 Å². The van der Waals surface area contributed by atoms with Gasteiger partial charge in [0.15, 0.2) is 5.88 Å². The highest BCUT2D eigenvalue weighted by molar-refractivity contribution is 5.69. The van der Waals surface area contributed by atoms with E-state index in [9.17, 15) is 4.79 Å². The molecule has 0 atom stereocenters. The second-order valence-electron chi connectivity index (χ2n) is 2.11. The lowest BCUT2D eigenvalue weighted by atomic mass is 10.4. The normalized spacial score (nSPS) is 14.5. The van der Waals surface area contributed by atoms with E-state index >= 15 is 0 Å². The number of hydrogen-bond acceptors (Lipinski definition) is 3. The molecule has 0 spiro atoms. The Morgan fingerprint density at radius 3 is 3.08 bits per heavy atom. The highest BCUT2D eigenvalue weighted by Crippen LogP contribution is 1.98. The van der Waals surface area contributed by atoms with Gasteiger partial charge in [-0.1, -0.05) is 12.2 Å². The quantitative estimate of drug-likeness (QED) is 0.646. The van der Waals surface area contributed by atoms with Crippen molar-refractivity contribution in [3.05, 3.63) is 36.4 Å². The minimum atomic E-state index is -0.920. The number of rotatable bonds is 3. The van der Waals surface area contributed by atoms with Crippen molar-refractivity contribution in [3.63, 3.8) is 0 Å². The van der Waals surface area contributed by atoms with Crippen molar-refractivity contribution < 1.29 is 14.6 Å². The second kappa shape index (κ2) is 4.23. The summed E-state index contributed by atoms with van der Waals surface area (Å²) in [4.78, 5) is 10.1. The van der Waals surface area contributed by atoms with E-state index < -0.39 is 5.97 Å². The number of carbonyl (C=O) groups is 1. The monoisotopic (exact) mass is 167 g/mol. The van der Waals surface area contributed by atoms with Gasteiger partial charge in [-0.3, -0.25) is 4.79 Å². The number of hydrogen-bond donors (Lipinski definition) is 2. The van der Waals surface area contributed by atoms with Gasteiger partial charge >= 0.3 is 5.97 Å². The third-order valence-electron chi connectivity index (χ3n) is 1.16. The van der Waals surface area contributed by atoms with Gasteiger partial charge in [0, 0.05) is 0 Å². The summed E-state index contributed by atoms with van der Waals surface area (Å²) in [7, 11) is 0. The molecule has 12 heavy (non-hydrogen) atoms. The molecule has 0 bridgehead atoms. The molecule has 1 heterocycles. The minimum absolute atomic E-state index is 0.145. The van der Waals surface area contributed by atoms with Gasteiger partial charge in [0.05, 0.1) is 6.26 Å². The molecule has 0 saturated carbocycles. The number of carboxylic acids is 1. The van der Waals surface area contributed by atoms with Crippen LogP contribution in [0.25, 0.3) is 0 Å². The Balaban J connectivity index is 2.41. The zero-order chi connectivity index (χ0) is 8.81. The maximum absolute atomic E-state index is 10.1. The van der Waals surface area contributed by atoms with Gasteiger partial charge in [0.1, 0.15) is 6.54 Å². The number of allylic oxidation sites excluding steroid dienone is 4. The lowest BCUT2D eigenvalue weighted by Gasteiger charge is -2.05. The first-order valence-electron chi connectivity index (χ1n) is 3.45. The Kier molecular flexibility index (Phi) is 2.95. The number of carboxylic acid groups (broad SMARTS) is 1. The van der Waals surface area contributed by atoms with Gasteiger partial charge in [0.2, 0.25) is 0 Å². The van der Waals surface area contributed by atoms with Crippen LogP contribution in [0, 0.1) is 0 Å². The van der Waals surface area contributed by atoms with Crippen LogP contribution >= 0.6 is 0 Å². The molecule has 4 heteroatoms. The molecular formula is C8H9NO3. The molecular weight excluding hydrogens is 158 g/mol. The van der Waals surface area contributed by atoms with Crippen LogP contribution in [0.4, 0.5) is 0 Å². The summed E-state index contributed by atoms with van der Waals surface area (Å²) in [6, 6.07) is 0. The fraction of sp³-hybridized carbons (Fsp3) is 0.125. The van der Waals surface area contributed by atoms with E-state index in [4.69, 9.17) is 9.84 Å². The molecule has 1 aliphatic rings. The third kappa shape index (κ3) is 2.92. The van der Waals surface area contributed by atoms with Crippen LogP contribution < -0.4 is 5.32 Å². The van der Waals surface area contributed by atoms with Gasteiger partial charge in [-0.15, -0.1) is 0 Å². The maximum Gasteiger partial charge on any atom is 0.322 e. The van der Waals surface area contributed by atoms with Gasteiger partial charge in [-0.2, -0.15) is 0 Å². The van der Waals surface area contributed by atoms with Crippen LogP contribution in [-0.4, -0.2) is 17.6 Å². The van der Waals surface area contributed by atoms with Crippen molar-refractivity contribution in [1.29, 1.82) is 0 Å². The van der Waals surface area contributed by atoms with E-state index in [2.05, 4.69) is 5.32 Å².